The highest BCUT2D eigenvalue weighted by molar-refractivity contribution is 7.92. The lowest BCUT2D eigenvalue weighted by molar-refractivity contribution is -0.139. The van der Waals surface area contributed by atoms with Gasteiger partial charge >= 0.3 is 0 Å². The van der Waals surface area contributed by atoms with Crippen molar-refractivity contribution in [3.8, 4) is 0 Å². The van der Waals surface area contributed by atoms with Gasteiger partial charge in [-0.2, -0.15) is 0 Å². The number of rotatable bonds is 10. The maximum atomic E-state index is 14.0. The quantitative estimate of drug-likeness (QED) is 0.388. The molecule has 4 rings (SSSR count). The van der Waals surface area contributed by atoms with Gasteiger partial charge in [0.25, 0.3) is 10.0 Å². The summed E-state index contributed by atoms with van der Waals surface area (Å²) in [5.41, 5.74) is 2.94. The monoisotopic (exact) mass is 547 g/mol. The van der Waals surface area contributed by atoms with Crippen molar-refractivity contribution in [1.29, 1.82) is 0 Å². The van der Waals surface area contributed by atoms with Crippen LogP contribution in [0.1, 0.15) is 49.3 Å². The van der Waals surface area contributed by atoms with Gasteiger partial charge in [-0.15, -0.1) is 0 Å². The lowest BCUT2D eigenvalue weighted by atomic mass is 10.1. The lowest BCUT2D eigenvalue weighted by Gasteiger charge is -2.33. The van der Waals surface area contributed by atoms with Gasteiger partial charge in [-0.1, -0.05) is 79.1 Å². The van der Waals surface area contributed by atoms with Crippen LogP contribution in [0.3, 0.4) is 0 Å². The van der Waals surface area contributed by atoms with Gasteiger partial charge in [-0.05, 0) is 62.9 Å². The van der Waals surface area contributed by atoms with Gasteiger partial charge in [-0.25, -0.2) is 8.42 Å². The SMILES string of the molecule is Cc1ccc(S(=O)(=O)N(CC(=O)N(Cc2ccccc2)C(C)C(=O)NC2CCCC2)c2ccccc2C)cc1. The minimum atomic E-state index is -4.07. The van der Waals surface area contributed by atoms with Crippen molar-refractivity contribution in [2.45, 2.75) is 70.0 Å². The summed E-state index contributed by atoms with van der Waals surface area (Å²) in [6.45, 7) is 5.16. The van der Waals surface area contributed by atoms with E-state index in [0.29, 0.717) is 5.69 Å². The molecule has 0 aromatic heterocycles. The predicted octanol–water partition coefficient (Wildman–Crippen LogP) is 4.97. The topological polar surface area (TPSA) is 86.8 Å². The summed E-state index contributed by atoms with van der Waals surface area (Å²) in [5, 5.41) is 3.09. The smallest absolute Gasteiger partial charge is 0.264 e. The van der Waals surface area contributed by atoms with E-state index in [-0.39, 0.29) is 23.4 Å². The molecule has 206 valence electrons. The van der Waals surface area contributed by atoms with Crippen molar-refractivity contribution in [3.05, 3.63) is 95.6 Å². The van der Waals surface area contributed by atoms with Gasteiger partial charge in [0.1, 0.15) is 12.6 Å². The van der Waals surface area contributed by atoms with Gasteiger partial charge in [0.2, 0.25) is 11.8 Å². The van der Waals surface area contributed by atoms with Crippen LogP contribution in [0.5, 0.6) is 0 Å². The number of benzene rings is 3. The fourth-order valence-electron chi connectivity index (χ4n) is 4.95. The van der Waals surface area contributed by atoms with Crippen LogP contribution in [0.15, 0.2) is 83.8 Å². The van der Waals surface area contributed by atoms with Crippen molar-refractivity contribution >= 4 is 27.5 Å². The maximum absolute atomic E-state index is 14.0. The van der Waals surface area contributed by atoms with Crippen LogP contribution < -0.4 is 9.62 Å². The highest BCUT2D eigenvalue weighted by Gasteiger charge is 2.33. The summed E-state index contributed by atoms with van der Waals surface area (Å²) in [7, 11) is -4.07. The molecule has 1 atom stereocenters. The molecule has 1 aliphatic rings. The second-order valence-corrected chi connectivity index (χ2v) is 12.1. The summed E-state index contributed by atoms with van der Waals surface area (Å²) in [6, 6.07) is 22.4. The molecule has 0 aliphatic heterocycles. The number of sulfonamides is 1. The maximum Gasteiger partial charge on any atom is 0.264 e. The first-order valence-electron chi connectivity index (χ1n) is 13.5. The molecule has 8 heteroatoms. The third-order valence-corrected chi connectivity index (χ3v) is 9.11. The Labute approximate surface area is 231 Å². The van der Waals surface area contributed by atoms with Crippen molar-refractivity contribution in [3.63, 3.8) is 0 Å². The summed E-state index contributed by atoms with van der Waals surface area (Å²) < 4.78 is 29.0. The van der Waals surface area contributed by atoms with E-state index in [2.05, 4.69) is 5.32 Å². The number of para-hydroxylation sites is 1. The van der Waals surface area contributed by atoms with Crippen molar-refractivity contribution in [2.24, 2.45) is 0 Å². The largest absolute Gasteiger partial charge is 0.352 e. The van der Waals surface area contributed by atoms with E-state index in [9.17, 15) is 18.0 Å². The molecular weight excluding hydrogens is 510 g/mol. The first-order chi connectivity index (χ1) is 18.7. The van der Waals surface area contributed by atoms with E-state index in [1.807, 2.05) is 56.3 Å². The summed E-state index contributed by atoms with van der Waals surface area (Å²) in [6.07, 6.45) is 4.02. The Morgan fingerprint density at radius 1 is 0.897 bits per heavy atom. The van der Waals surface area contributed by atoms with Gasteiger partial charge in [0, 0.05) is 12.6 Å². The molecule has 0 radical (unpaired) electrons. The average Bonchev–Trinajstić information content (AvgIpc) is 3.44. The molecule has 0 saturated heterocycles. The predicted molar refractivity (Wildman–Crippen MR) is 154 cm³/mol. The Kier molecular flexibility index (Phi) is 9.07. The van der Waals surface area contributed by atoms with Gasteiger partial charge in [0.15, 0.2) is 0 Å². The number of aryl methyl sites for hydroxylation is 2. The molecule has 3 aromatic carbocycles. The number of anilines is 1. The zero-order valence-electron chi connectivity index (χ0n) is 22.8. The first-order valence-corrected chi connectivity index (χ1v) is 14.9. The van der Waals surface area contributed by atoms with E-state index in [0.717, 1.165) is 46.7 Å². The average molecular weight is 548 g/mol. The Balaban J connectivity index is 1.68. The number of amides is 2. The van der Waals surface area contributed by atoms with Crippen molar-refractivity contribution < 1.29 is 18.0 Å². The van der Waals surface area contributed by atoms with E-state index in [4.69, 9.17) is 0 Å². The third kappa shape index (κ3) is 6.87. The third-order valence-electron chi connectivity index (χ3n) is 7.34. The fraction of sp³-hybridized carbons (Fsp3) is 0.355. The summed E-state index contributed by atoms with van der Waals surface area (Å²) in [4.78, 5) is 28.8. The first kappa shape index (κ1) is 28.4. The van der Waals surface area contributed by atoms with Crippen LogP contribution in [0, 0.1) is 13.8 Å². The van der Waals surface area contributed by atoms with Gasteiger partial charge in [0.05, 0.1) is 10.6 Å². The normalized spacial score (nSPS) is 14.5. The van der Waals surface area contributed by atoms with Crippen LogP contribution >= 0.6 is 0 Å². The molecule has 1 saturated carbocycles. The Hall–Kier alpha value is -3.65. The summed E-state index contributed by atoms with van der Waals surface area (Å²) >= 11 is 0. The highest BCUT2D eigenvalue weighted by atomic mass is 32.2. The molecule has 7 nitrogen and oxygen atoms in total. The Morgan fingerprint density at radius 2 is 1.51 bits per heavy atom. The molecule has 1 N–H and O–H groups in total. The number of hydrogen-bond donors (Lipinski definition) is 1. The summed E-state index contributed by atoms with van der Waals surface area (Å²) in [5.74, 6) is -0.679. The molecule has 39 heavy (non-hydrogen) atoms. The van der Waals surface area contributed by atoms with E-state index in [1.54, 1.807) is 43.3 Å². The van der Waals surface area contributed by atoms with E-state index < -0.39 is 28.5 Å². The van der Waals surface area contributed by atoms with Crippen LogP contribution in [-0.4, -0.2) is 43.8 Å². The molecule has 0 spiro atoms. The van der Waals surface area contributed by atoms with Gasteiger partial charge in [-0.3, -0.25) is 13.9 Å². The number of hydrogen-bond acceptors (Lipinski definition) is 4. The Morgan fingerprint density at radius 3 is 2.15 bits per heavy atom. The van der Waals surface area contributed by atoms with Gasteiger partial charge < -0.3 is 10.2 Å². The van der Waals surface area contributed by atoms with Crippen LogP contribution in [-0.2, 0) is 26.2 Å². The zero-order chi connectivity index (χ0) is 28.0. The van der Waals surface area contributed by atoms with Crippen LogP contribution in [0.25, 0.3) is 0 Å². The minimum Gasteiger partial charge on any atom is -0.352 e. The highest BCUT2D eigenvalue weighted by Crippen LogP contribution is 2.27. The molecule has 1 fully saturated rings. The number of carbonyl (C=O) groups is 2. The molecule has 2 amide bonds. The number of nitrogens with zero attached hydrogens (tertiary/aromatic N) is 2. The molecule has 0 heterocycles. The van der Waals surface area contributed by atoms with E-state index >= 15 is 0 Å². The van der Waals surface area contributed by atoms with Crippen molar-refractivity contribution in [1.82, 2.24) is 10.2 Å². The zero-order valence-corrected chi connectivity index (χ0v) is 23.7. The molecule has 0 bridgehead atoms. The second kappa shape index (κ2) is 12.5. The minimum absolute atomic E-state index is 0.103. The lowest BCUT2D eigenvalue weighted by Crippen LogP contribution is -2.52. The molecule has 1 unspecified atom stereocenters. The van der Waals surface area contributed by atoms with Crippen LogP contribution in [0.2, 0.25) is 0 Å². The second-order valence-electron chi connectivity index (χ2n) is 10.3. The number of nitrogens with one attached hydrogen (secondary N) is 1. The van der Waals surface area contributed by atoms with Crippen molar-refractivity contribution in [2.75, 3.05) is 10.8 Å². The number of carbonyl (C=O) groups excluding carboxylic acids is 2. The standard InChI is InChI=1S/C31H37N3O4S/c1-23-17-19-28(20-18-23)39(37,38)34(29-16-10-7-11-24(29)2)22-30(35)33(21-26-12-5-4-6-13-26)25(3)31(36)32-27-14-8-9-15-27/h4-7,10-13,16-20,25,27H,8-9,14-15,21-22H2,1-3H3,(H,32,36). The molecule has 1 aliphatic carbocycles. The molecule has 3 aromatic rings. The fourth-order valence-corrected chi connectivity index (χ4v) is 6.43. The molecular formula is C31H37N3O4S. The van der Waals surface area contributed by atoms with Crippen LogP contribution in [0.4, 0.5) is 5.69 Å². The Bertz CT molecular complexity index is 1380. The van der Waals surface area contributed by atoms with E-state index in [1.165, 1.54) is 4.90 Å².